The van der Waals surface area contributed by atoms with E-state index in [-0.39, 0.29) is 18.1 Å². The summed E-state index contributed by atoms with van der Waals surface area (Å²) in [5.41, 5.74) is 1.00. The van der Waals surface area contributed by atoms with Crippen LogP contribution in [0.1, 0.15) is 31.7 Å². The summed E-state index contributed by atoms with van der Waals surface area (Å²) in [7, 11) is -3.69. The van der Waals surface area contributed by atoms with E-state index in [1.807, 2.05) is 6.92 Å². The van der Waals surface area contributed by atoms with Gasteiger partial charge in [0, 0.05) is 19.8 Å². The van der Waals surface area contributed by atoms with Gasteiger partial charge in [-0.3, -0.25) is 4.18 Å². The molecular formula is C16H26O5S. The molecular weight excluding hydrogens is 304 g/mol. The van der Waals surface area contributed by atoms with Crippen molar-refractivity contribution in [3.8, 4) is 0 Å². The van der Waals surface area contributed by atoms with E-state index in [1.165, 1.54) is 0 Å². The Labute approximate surface area is 133 Å². The molecule has 0 amide bonds. The summed E-state index contributed by atoms with van der Waals surface area (Å²) in [6, 6.07) is 6.56. The van der Waals surface area contributed by atoms with Crippen LogP contribution in [0.15, 0.2) is 29.2 Å². The molecule has 0 saturated carbocycles. The van der Waals surface area contributed by atoms with Gasteiger partial charge in [0.1, 0.15) is 0 Å². The number of hydrogen-bond donors (Lipinski definition) is 0. The van der Waals surface area contributed by atoms with E-state index in [1.54, 1.807) is 24.3 Å². The van der Waals surface area contributed by atoms with Crippen LogP contribution in [0.5, 0.6) is 0 Å². The Morgan fingerprint density at radius 3 is 2.09 bits per heavy atom. The fourth-order valence-electron chi connectivity index (χ4n) is 1.69. The zero-order valence-electron chi connectivity index (χ0n) is 13.4. The average Bonchev–Trinajstić information content (AvgIpc) is 2.49. The Bertz CT molecular complexity index is 496. The van der Waals surface area contributed by atoms with Crippen molar-refractivity contribution in [3.05, 3.63) is 29.8 Å². The summed E-state index contributed by atoms with van der Waals surface area (Å²) in [5.74, 6) is 0. The molecule has 0 radical (unpaired) electrons. The van der Waals surface area contributed by atoms with Crippen molar-refractivity contribution in [2.75, 3.05) is 33.0 Å². The van der Waals surface area contributed by atoms with Gasteiger partial charge < -0.3 is 9.47 Å². The topological polar surface area (TPSA) is 61.8 Å². The van der Waals surface area contributed by atoms with Crippen LogP contribution in [0.3, 0.4) is 0 Å². The van der Waals surface area contributed by atoms with Gasteiger partial charge in [-0.25, -0.2) is 0 Å². The molecule has 5 nitrogen and oxygen atoms in total. The summed E-state index contributed by atoms with van der Waals surface area (Å²) >= 11 is 0. The minimum absolute atomic E-state index is 0.0207. The highest BCUT2D eigenvalue weighted by molar-refractivity contribution is 7.86. The van der Waals surface area contributed by atoms with Crippen LogP contribution in [0, 0.1) is 6.92 Å². The predicted octanol–water partition coefficient (Wildman–Crippen LogP) is 2.92. The van der Waals surface area contributed by atoms with Gasteiger partial charge in [0.2, 0.25) is 0 Å². The maximum absolute atomic E-state index is 11.9. The third-order valence-corrected chi connectivity index (χ3v) is 4.32. The molecule has 6 heteroatoms. The third-order valence-electron chi connectivity index (χ3n) is 3.00. The Hall–Kier alpha value is -0.950. The van der Waals surface area contributed by atoms with Crippen LogP contribution in [-0.2, 0) is 23.8 Å². The molecule has 1 rings (SSSR count). The van der Waals surface area contributed by atoms with E-state index in [4.69, 9.17) is 13.7 Å². The summed E-state index contributed by atoms with van der Waals surface area (Å²) in [6.07, 6.45) is 3.00. The lowest BCUT2D eigenvalue weighted by Crippen LogP contribution is -2.12. The summed E-state index contributed by atoms with van der Waals surface area (Å²) in [5, 5.41) is 0. The molecule has 0 aromatic heterocycles. The van der Waals surface area contributed by atoms with Crippen molar-refractivity contribution < 1.29 is 22.1 Å². The first kappa shape index (κ1) is 19.1. The molecule has 126 valence electrons. The highest BCUT2D eigenvalue weighted by Crippen LogP contribution is 2.12. The highest BCUT2D eigenvalue weighted by atomic mass is 32.2. The SMILES string of the molecule is CCCCOCCCOCCOS(=O)(=O)c1ccc(C)cc1. The first-order valence-electron chi connectivity index (χ1n) is 7.68. The number of aryl methyl sites for hydroxylation is 1. The summed E-state index contributed by atoms with van der Waals surface area (Å²) in [6.45, 7) is 6.29. The van der Waals surface area contributed by atoms with Crippen molar-refractivity contribution in [2.24, 2.45) is 0 Å². The van der Waals surface area contributed by atoms with Crippen LogP contribution < -0.4 is 0 Å². The minimum atomic E-state index is -3.69. The molecule has 1 aromatic carbocycles. The lowest BCUT2D eigenvalue weighted by molar-refractivity contribution is 0.0684. The number of rotatable bonds is 12. The summed E-state index contributed by atoms with van der Waals surface area (Å²) < 4.78 is 39.4. The van der Waals surface area contributed by atoms with Gasteiger partial charge in [-0.15, -0.1) is 0 Å². The molecule has 0 saturated heterocycles. The zero-order chi connectivity index (χ0) is 16.3. The van der Waals surface area contributed by atoms with Gasteiger partial charge in [-0.1, -0.05) is 31.0 Å². The maximum Gasteiger partial charge on any atom is 0.297 e. The average molecular weight is 330 g/mol. The van der Waals surface area contributed by atoms with Crippen molar-refractivity contribution >= 4 is 10.1 Å². The molecule has 22 heavy (non-hydrogen) atoms. The van der Waals surface area contributed by atoms with Crippen molar-refractivity contribution in [1.29, 1.82) is 0 Å². The predicted molar refractivity (Wildman–Crippen MR) is 85.5 cm³/mol. The second-order valence-corrected chi connectivity index (χ2v) is 6.64. The molecule has 0 atom stereocenters. The molecule has 0 aliphatic carbocycles. The van der Waals surface area contributed by atoms with Crippen LogP contribution in [0.25, 0.3) is 0 Å². The quantitative estimate of drug-likeness (QED) is 0.435. The fourth-order valence-corrected chi connectivity index (χ4v) is 2.58. The largest absolute Gasteiger partial charge is 0.381 e. The van der Waals surface area contributed by atoms with Gasteiger partial charge in [-0.05, 0) is 31.9 Å². The van der Waals surface area contributed by atoms with Crippen molar-refractivity contribution in [3.63, 3.8) is 0 Å². The Balaban J connectivity index is 2.10. The van der Waals surface area contributed by atoms with Crippen LogP contribution in [0.2, 0.25) is 0 Å². The lowest BCUT2D eigenvalue weighted by Gasteiger charge is -2.07. The van der Waals surface area contributed by atoms with Crippen LogP contribution in [-0.4, -0.2) is 41.5 Å². The van der Waals surface area contributed by atoms with Crippen LogP contribution >= 0.6 is 0 Å². The third kappa shape index (κ3) is 7.89. The lowest BCUT2D eigenvalue weighted by atomic mass is 10.2. The zero-order valence-corrected chi connectivity index (χ0v) is 14.2. The van der Waals surface area contributed by atoms with E-state index in [9.17, 15) is 8.42 Å². The first-order valence-corrected chi connectivity index (χ1v) is 9.08. The monoisotopic (exact) mass is 330 g/mol. The molecule has 0 N–H and O–H groups in total. The first-order chi connectivity index (χ1) is 10.6. The number of benzene rings is 1. The summed E-state index contributed by atoms with van der Waals surface area (Å²) in [4.78, 5) is 0.169. The number of unbranched alkanes of at least 4 members (excludes halogenated alkanes) is 1. The number of ether oxygens (including phenoxy) is 2. The molecule has 0 heterocycles. The normalized spacial score (nSPS) is 11.7. The Kier molecular flexibility index (Phi) is 9.31. The van der Waals surface area contributed by atoms with Crippen molar-refractivity contribution in [1.82, 2.24) is 0 Å². The Morgan fingerprint density at radius 1 is 0.864 bits per heavy atom. The Morgan fingerprint density at radius 2 is 1.45 bits per heavy atom. The fraction of sp³-hybridized carbons (Fsp3) is 0.625. The molecule has 1 aromatic rings. The van der Waals surface area contributed by atoms with E-state index >= 15 is 0 Å². The van der Waals surface area contributed by atoms with Crippen molar-refractivity contribution in [2.45, 2.75) is 38.0 Å². The highest BCUT2D eigenvalue weighted by Gasteiger charge is 2.14. The van der Waals surface area contributed by atoms with E-state index in [2.05, 4.69) is 6.92 Å². The van der Waals surface area contributed by atoms with E-state index < -0.39 is 10.1 Å². The van der Waals surface area contributed by atoms with Crippen LogP contribution in [0.4, 0.5) is 0 Å². The molecule has 0 aliphatic rings. The standard InChI is InChI=1S/C16H26O5S/c1-3-4-10-19-11-5-12-20-13-14-21-22(17,18)16-8-6-15(2)7-9-16/h6-9H,3-5,10-14H2,1-2H3. The van der Waals surface area contributed by atoms with Gasteiger partial charge in [0.05, 0.1) is 18.1 Å². The maximum atomic E-state index is 11.9. The second kappa shape index (κ2) is 10.7. The smallest absolute Gasteiger partial charge is 0.297 e. The van der Waals surface area contributed by atoms with Gasteiger partial charge in [0.25, 0.3) is 10.1 Å². The van der Waals surface area contributed by atoms with Gasteiger partial charge >= 0.3 is 0 Å². The van der Waals surface area contributed by atoms with E-state index in [0.29, 0.717) is 13.2 Å². The van der Waals surface area contributed by atoms with Gasteiger partial charge in [0.15, 0.2) is 0 Å². The molecule has 0 spiro atoms. The van der Waals surface area contributed by atoms with Gasteiger partial charge in [-0.2, -0.15) is 8.42 Å². The molecule has 0 aliphatic heterocycles. The molecule has 0 bridgehead atoms. The number of hydrogen-bond acceptors (Lipinski definition) is 5. The molecule has 0 fully saturated rings. The molecule has 0 unspecified atom stereocenters. The van der Waals surface area contributed by atoms with E-state index in [0.717, 1.165) is 31.4 Å². The second-order valence-electron chi connectivity index (χ2n) is 5.02. The minimum Gasteiger partial charge on any atom is -0.381 e.